The molecule has 0 aliphatic heterocycles. The minimum atomic E-state index is 0. The van der Waals surface area contributed by atoms with Crippen molar-refractivity contribution in [2.45, 2.75) is 41.5 Å². The van der Waals surface area contributed by atoms with Gasteiger partial charge in [0.05, 0.1) is 0 Å². The quantitative estimate of drug-likeness (QED) is 0.313. The summed E-state index contributed by atoms with van der Waals surface area (Å²) < 4.78 is 6.17. The average Bonchev–Trinajstić information content (AvgIpc) is 3.11. The molecule has 1 nitrogen and oxygen atoms in total. The monoisotopic (exact) mass is 386 g/mol. The number of hydrogen-bond donors (Lipinski definition) is 0. The van der Waals surface area contributed by atoms with Crippen molar-refractivity contribution >= 4 is 21.9 Å². The Bertz CT molecular complexity index is 1040. The van der Waals surface area contributed by atoms with E-state index >= 15 is 0 Å². The predicted molar refractivity (Wildman–Crippen MR) is 132 cm³/mol. The van der Waals surface area contributed by atoms with E-state index in [2.05, 4.69) is 88.0 Å². The minimum Gasteiger partial charge on any atom is -0.455 e. The lowest BCUT2D eigenvalue weighted by molar-refractivity contribution is 0.667. The summed E-state index contributed by atoms with van der Waals surface area (Å²) in [5.41, 5.74) is 5.49. The fourth-order valence-corrected chi connectivity index (χ4v) is 2.94. The Labute approximate surface area is 176 Å². The molecule has 0 atom stereocenters. The molecular formula is C28H34O. The van der Waals surface area contributed by atoms with Gasteiger partial charge in [0.1, 0.15) is 11.2 Å². The summed E-state index contributed by atoms with van der Waals surface area (Å²) in [7, 11) is 0. The number of fused-ring (bicyclic) bond motifs is 3. The second-order valence-electron chi connectivity index (χ2n) is 6.57. The van der Waals surface area contributed by atoms with E-state index in [4.69, 9.17) is 4.42 Å². The first kappa shape index (κ1) is 24.0. The summed E-state index contributed by atoms with van der Waals surface area (Å²) in [6, 6.07) is 23.0. The molecule has 1 heterocycles. The molecule has 0 fully saturated rings. The zero-order chi connectivity index (χ0) is 20.4. The zero-order valence-electron chi connectivity index (χ0n) is 17.4. The summed E-state index contributed by atoms with van der Waals surface area (Å²) in [5.74, 6) is 0. The first-order valence-corrected chi connectivity index (χ1v) is 9.87. The van der Waals surface area contributed by atoms with Gasteiger partial charge in [0.2, 0.25) is 0 Å². The molecule has 0 radical (unpaired) electrons. The molecule has 0 aliphatic rings. The van der Waals surface area contributed by atoms with Crippen molar-refractivity contribution in [1.29, 1.82) is 0 Å². The Morgan fingerprint density at radius 1 is 0.828 bits per heavy atom. The van der Waals surface area contributed by atoms with E-state index in [1.54, 1.807) is 6.08 Å². The highest BCUT2D eigenvalue weighted by Gasteiger charge is 2.12. The Morgan fingerprint density at radius 3 is 1.97 bits per heavy atom. The molecule has 1 heteroatoms. The van der Waals surface area contributed by atoms with Gasteiger partial charge < -0.3 is 4.42 Å². The highest BCUT2D eigenvalue weighted by Crippen LogP contribution is 2.36. The zero-order valence-corrected chi connectivity index (χ0v) is 17.4. The summed E-state index contributed by atoms with van der Waals surface area (Å²) in [6.45, 7) is 11.8. The van der Waals surface area contributed by atoms with Crippen molar-refractivity contribution in [2.24, 2.45) is 0 Å². The lowest BCUT2D eigenvalue weighted by Gasteiger charge is -2.01. The van der Waals surface area contributed by atoms with Crippen molar-refractivity contribution in [2.75, 3.05) is 0 Å². The third-order valence-corrected chi connectivity index (χ3v) is 4.13. The van der Waals surface area contributed by atoms with Gasteiger partial charge in [-0.3, -0.25) is 0 Å². The van der Waals surface area contributed by atoms with Crippen molar-refractivity contribution in [1.82, 2.24) is 0 Å². The SMILES string of the molecule is C.C=C/C=C\C.CCC.Cc1cccc2c1oc1c(-c3ccccc3)cccc12. The van der Waals surface area contributed by atoms with Gasteiger partial charge in [-0.05, 0) is 25.0 Å². The van der Waals surface area contributed by atoms with Crippen molar-refractivity contribution < 1.29 is 4.42 Å². The highest BCUT2D eigenvalue weighted by molar-refractivity contribution is 6.10. The number of rotatable bonds is 2. The second kappa shape index (κ2) is 12.4. The molecule has 0 N–H and O–H groups in total. The van der Waals surface area contributed by atoms with Gasteiger partial charge in [-0.25, -0.2) is 0 Å². The molecule has 152 valence electrons. The lowest BCUT2D eigenvalue weighted by Crippen LogP contribution is -1.77. The van der Waals surface area contributed by atoms with Crippen LogP contribution in [0.2, 0.25) is 0 Å². The van der Waals surface area contributed by atoms with E-state index in [9.17, 15) is 0 Å². The number of para-hydroxylation sites is 2. The molecule has 4 aromatic rings. The maximum Gasteiger partial charge on any atom is 0.143 e. The van der Waals surface area contributed by atoms with Crippen LogP contribution in [0.3, 0.4) is 0 Å². The van der Waals surface area contributed by atoms with Gasteiger partial charge in [-0.1, -0.05) is 119 Å². The van der Waals surface area contributed by atoms with Crippen LogP contribution < -0.4 is 0 Å². The predicted octanol–water partition coefficient (Wildman–Crippen LogP) is 9.36. The molecular weight excluding hydrogens is 352 g/mol. The summed E-state index contributed by atoms with van der Waals surface area (Å²) >= 11 is 0. The first-order chi connectivity index (χ1) is 13.7. The van der Waals surface area contributed by atoms with Crippen molar-refractivity contribution in [3.63, 3.8) is 0 Å². The summed E-state index contributed by atoms with van der Waals surface area (Å²) in [5, 5.41) is 2.38. The number of furan rings is 1. The van der Waals surface area contributed by atoms with Gasteiger partial charge >= 0.3 is 0 Å². The highest BCUT2D eigenvalue weighted by atomic mass is 16.3. The van der Waals surface area contributed by atoms with Gasteiger partial charge in [-0.15, -0.1) is 0 Å². The summed E-state index contributed by atoms with van der Waals surface area (Å²) in [4.78, 5) is 0. The fraction of sp³-hybridized carbons (Fsp3) is 0.214. The van der Waals surface area contributed by atoms with Gasteiger partial charge in [0.15, 0.2) is 0 Å². The second-order valence-corrected chi connectivity index (χ2v) is 6.57. The Kier molecular flexibility index (Phi) is 10.3. The van der Waals surface area contributed by atoms with E-state index < -0.39 is 0 Å². The van der Waals surface area contributed by atoms with Crippen LogP contribution in [0.25, 0.3) is 33.1 Å². The largest absolute Gasteiger partial charge is 0.455 e. The van der Waals surface area contributed by atoms with Crippen LogP contribution in [0.1, 0.15) is 40.2 Å². The average molecular weight is 387 g/mol. The molecule has 0 amide bonds. The van der Waals surface area contributed by atoms with Crippen LogP contribution >= 0.6 is 0 Å². The smallest absolute Gasteiger partial charge is 0.143 e. The number of allylic oxidation sites excluding steroid dienone is 3. The lowest BCUT2D eigenvalue weighted by atomic mass is 10.0. The van der Waals surface area contributed by atoms with E-state index in [1.807, 2.05) is 25.1 Å². The van der Waals surface area contributed by atoms with Crippen molar-refractivity contribution in [3.05, 3.63) is 97.1 Å². The van der Waals surface area contributed by atoms with E-state index in [0.29, 0.717) is 0 Å². The third kappa shape index (κ3) is 5.96. The van der Waals surface area contributed by atoms with E-state index in [1.165, 1.54) is 28.3 Å². The molecule has 3 aromatic carbocycles. The van der Waals surface area contributed by atoms with Crippen LogP contribution in [0.5, 0.6) is 0 Å². The maximum absolute atomic E-state index is 6.17. The Hall–Kier alpha value is -3.06. The van der Waals surface area contributed by atoms with E-state index in [-0.39, 0.29) is 7.43 Å². The van der Waals surface area contributed by atoms with Gasteiger partial charge in [-0.2, -0.15) is 0 Å². The maximum atomic E-state index is 6.17. The minimum absolute atomic E-state index is 0. The van der Waals surface area contributed by atoms with Crippen LogP contribution in [-0.4, -0.2) is 0 Å². The van der Waals surface area contributed by atoms with Crippen LogP contribution in [0, 0.1) is 6.92 Å². The topological polar surface area (TPSA) is 13.1 Å². The molecule has 1 aromatic heterocycles. The molecule has 0 saturated heterocycles. The third-order valence-electron chi connectivity index (χ3n) is 4.13. The molecule has 0 unspecified atom stereocenters. The summed E-state index contributed by atoms with van der Waals surface area (Å²) in [6.07, 6.45) is 6.83. The molecule has 0 spiro atoms. The van der Waals surface area contributed by atoms with E-state index in [0.717, 1.165) is 16.7 Å². The molecule has 4 rings (SSSR count). The molecule has 0 aliphatic carbocycles. The number of aryl methyl sites for hydroxylation is 1. The van der Waals surface area contributed by atoms with Gasteiger partial charge in [0.25, 0.3) is 0 Å². The molecule has 0 bridgehead atoms. The standard InChI is InChI=1S/C19H14O.C5H8.C3H8.CH4/c1-13-7-5-11-16-17-12-6-10-15(19(17)20-18(13)16)14-8-3-2-4-9-14;1-3-5-4-2;1-3-2;/h2-12H,1H3;3-5H,1H2,2H3;3H2,1-2H3;1H4/b;5-4-;;. The normalized spacial score (nSPS) is 9.93. The van der Waals surface area contributed by atoms with Crippen LogP contribution in [-0.2, 0) is 0 Å². The van der Waals surface area contributed by atoms with Gasteiger partial charge in [0, 0.05) is 16.3 Å². The number of hydrogen-bond acceptors (Lipinski definition) is 1. The Morgan fingerprint density at radius 2 is 1.41 bits per heavy atom. The van der Waals surface area contributed by atoms with Crippen LogP contribution in [0.15, 0.2) is 96.0 Å². The first-order valence-electron chi connectivity index (χ1n) is 9.87. The molecule has 29 heavy (non-hydrogen) atoms. The molecule has 0 saturated carbocycles. The Balaban J connectivity index is 0.000000406. The number of benzene rings is 3. The fourth-order valence-electron chi connectivity index (χ4n) is 2.94. The van der Waals surface area contributed by atoms with Crippen LogP contribution in [0.4, 0.5) is 0 Å². The van der Waals surface area contributed by atoms with Crippen molar-refractivity contribution in [3.8, 4) is 11.1 Å².